The van der Waals surface area contributed by atoms with Crippen molar-refractivity contribution in [2.24, 2.45) is 0 Å². The van der Waals surface area contributed by atoms with E-state index in [1.54, 1.807) is 11.0 Å². The summed E-state index contributed by atoms with van der Waals surface area (Å²) in [5, 5.41) is 9.54. The lowest BCUT2D eigenvalue weighted by molar-refractivity contribution is 0.0735. The number of amides is 1. The van der Waals surface area contributed by atoms with Crippen molar-refractivity contribution in [1.82, 2.24) is 4.90 Å². The van der Waals surface area contributed by atoms with Crippen LogP contribution in [-0.4, -0.2) is 35.1 Å². The Morgan fingerprint density at radius 2 is 2.14 bits per heavy atom. The Bertz CT molecular complexity index is 674. The molecule has 0 saturated carbocycles. The normalized spacial score (nSPS) is 18.2. The Morgan fingerprint density at radius 3 is 2.82 bits per heavy atom. The molecule has 1 saturated heterocycles. The van der Waals surface area contributed by atoms with Crippen LogP contribution in [0.2, 0.25) is 0 Å². The zero-order valence-electron chi connectivity index (χ0n) is 13.0. The predicted molar refractivity (Wildman–Crippen MR) is 84.8 cm³/mol. The Labute approximate surface area is 130 Å². The maximum absolute atomic E-state index is 12.3. The lowest BCUT2D eigenvalue weighted by atomic mass is 10.0. The van der Waals surface area contributed by atoms with Crippen molar-refractivity contribution < 1.29 is 14.3 Å². The van der Waals surface area contributed by atoms with Crippen molar-refractivity contribution in [2.45, 2.75) is 32.3 Å². The van der Waals surface area contributed by atoms with Crippen LogP contribution in [0, 0.1) is 0 Å². The van der Waals surface area contributed by atoms with Crippen molar-refractivity contribution in [3.05, 3.63) is 47.7 Å². The van der Waals surface area contributed by atoms with Gasteiger partial charge >= 0.3 is 0 Å². The highest BCUT2D eigenvalue weighted by molar-refractivity contribution is 5.92. The average molecular weight is 299 g/mol. The van der Waals surface area contributed by atoms with E-state index >= 15 is 0 Å². The molecule has 0 unspecified atom stereocenters. The van der Waals surface area contributed by atoms with Gasteiger partial charge in [0.05, 0.1) is 6.10 Å². The molecule has 1 amide bonds. The lowest BCUT2D eigenvalue weighted by Gasteiger charge is -2.13. The first-order chi connectivity index (χ1) is 10.5. The second-order valence-corrected chi connectivity index (χ2v) is 6.14. The molecule has 22 heavy (non-hydrogen) atoms. The molecule has 0 aliphatic carbocycles. The molecule has 0 spiro atoms. The van der Waals surface area contributed by atoms with Gasteiger partial charge in [-0.1, -0.05) is 32.0 Å². The van der Waals surface area contributed by atoms with Gasteiger partial charge in [-0.2, -0.15) is 0 Å². The van der Waals surface area contributed by atoms with Crippen LogP contribution in [0.4, 0.5) is 0 Å². The van der Waals surface area contributed by atoms with Crippen LogP contribution < -0.4 is 0 Å². The number of rotatable bonds is 3. The predicted octanol–water partition coefficient (Wildman–Crippen LogP) is 3.28. The van der Waals surface area contributed by atoms with Crippen LogP contribution in [0.5, 0.6) is 0 Å². The van der Waals surface area contributed by atoms with Gasteiger partial charge in [-0.25, -0.2) is 0 Å². The van der Waals surface area contributed by atoms with Crippen LogP contribution in [0.3, 0.4) is 0 Å². The van der Waals surface area contributed by atoms with E-state index in [1.807, 2.05) is 18.2 Å². The van der Waals surface area contributed by atoms with E-state index in [1.165, 1.54) is 5.56 Å². The van der Waals surface area contributed by atoms with E-state index in [0.717, 1.165) is 5.56 Å². The highest BCUT2D eigenvalue weighted by atomic mass is 16.4. The van der Waals surface area contributed by atoms with Crippen molar-refractivity contribution in [1.29, 1.82) is 0 Å². The maximum Gasteiger partial charge on any atom is 0.289 e. The summed E-state index contributed by atoms with van der Waals surface area (Å²) in [4.78, 5) is 14.0. The first kappa shape index (κ1) is 14.9. The van der Waals surface area contributed by atoms with E-state index in [4.69, 9.17) is 4.42 Å². The van der Waals surface area contributed by atoms with Gasteiger partial charge in [-0.15, -0.1) is 0 Å². The molecular weight excluding hydrogens is 278 g/mol. The summed E-state index contributed by atoms with van der Waals surface area (Å²) in [7, 11) is 0. The molecule has 1 aliphatic rings. The molecule has 2 aromatic rings. The number of β-amino-alcohol motifs (C(OH)–C–C–N with tert-alkyl or cyclic N) is 1. The first-order valence-electron chi connectivity index (χ1n) is 7.72. The topological polar surface area (TPSA) is 53.7 Å². The molecule has 1 N–H and O–H groups in total. The molecule has 1 aliphatic heterocycles. The lowest BCUT2D eigenvalue weighted by Crippen LogP contribution is -2.29. The van der Waals surface area contributed by atoms with Gasteiger partial charge in [0, 0.05) is 18.7 Å². The van der Waals surface area contributed by atoms with Crippen molar-refractivity contribution >= 4 is 5.91 Å². The summed E-state index contributed by atoms with van der Waals surface area (Å²) in [5.74, 6) is 1.33. The molecule has 1 aromatic carbocycles. The minimum Gasteiger partial charge on any atom is -0.451 e. The van der Waals surface area contributed by atoms with Crippen LogP contribution in [0.1, 0.15) is 42.3 Å². The zero-order chi connectivity index (χ0) is 15.7. The fourth-order valence-electron chi connectivity index (χ4n) is 2.74. The molecular formula is C18H21NO3. The third-order valence-corrected chi connectivity index (χ3v) is 4.11. The summed E-state index contributed by atoms with van der Waals surface area (Å²) in [5.41, 5.74) is 2.22. The van der Waals surface area contributed by atoms with Gasteiger partial charge in [-0.3, -0.25) is 4.79 Å². The Morgan fingerprint density at radius 1 is 1.32 bits per heavy atom. The van der Waals surface area contributed by atoms with Gasteiger partial charge in [-0.05, 0) is 36.1 Å². The second kappa shape index (κ2) is 5.97. The number of benzene rings is 1. The highest BCUT2D eigenvalue weighted by Crippen LogP contribution is 2.26. The van der Waals surface area contributed by atoms with E-state index in [0.29, 0.717) is 36.9 Å². The fraction of sp³-hybridized carbons (Fsp3) is 0.389. The fourth-order valence-corrected chi connectivity index (χ4v) is 2.74. The molecule has 4 heteroatoms. The monoisotopic (exact) mass is 299 g/mol. The average Bonchev–Trinajstić information content (AvgIpc) is 3.15. The highest BCUT2D eigenvalue weighted by Gasteiger charge is 2.27. The number of furan rings is 1. The summed E-state index contributed by atoms with van der Waals surface area (Å²) in [6.45, 7) is 5.26. The molecule has 3 rings (SSSR count). The molecule has 1 aromatic heterocycles. The van der Waals surface area contributed by atoms with E-state index in [2.05, 4.69) is 26.0 Å². The van der Waals surface area contributed by atoms with Crippen LogP contribution in [0.25, 0.3) is 11.3 Å². The quantitative estimate of drug-likeness (QED) is 0.946. The van der Waals surface area contributed by atoms with Crippen molar-refractivity contribution in [3.63, 3.8) is 0 Å². The summed E-state index contributed by atoms with van der Waals surface area (Å²) in [6.07, 6.45) is 0.219. The molecule has 4 nitrogen and oxygen atoms in total. The minimum atomic E-state index is -0.416. The van der Waals surface area contributed by atoms with Crippen molar-refractivity contribution in [2.75, 3.05) is 13.1 Å². The van der Waals surface area contributed by atoms with Gasteiger partial charge < -0.3 is 14.4 Å². The van der Waals surface area contributed by atoms with Gasteiger partial charge in [0.15, 0.2) is 5.76 Å². The number of aliphatic hydroxyl groups is 1. The summed E-state index contributed by atoms with van der Waals surface area (Å²) in [6, 6.07) is 11.7. The molecule has 116 valence electrons. The van der Waals surface area contributed by atoms with Crippen LogP contribution >= 0.6 is 0 Å². The van der Waals surface area contributed by atoms with Crippen LogP contribution in [-0.2, 0) is 0 Å². The van der Waals surface area contributed by atoms with E-state index in [9.17, 15) is 9.90 Å². The number of nitrogens with zero attached hydrogens (tertiary/aromatic N) is 1. The Kier molecular flexibility index (Phi) is 4.03. The number of carbonyl (C=O) groups excluding carboxylic acids is 1. The molecule has 1 atom stereocenters. The molecule has 2 heterocycles. The molecule has 1 fully saturated rings. The number of carbonyl (C=O) groups is 1. The largest absolute Gasteiger partial charge is 0.451 e. The minimum absolute atomic E-state index is 0.150. The summed E-state index contributed by atoms with van der Waals surface area (Å²) >= 11 is 0. The first-order valence-corrected chi connectivity index (χ1v) is 7.72. The van der Waals surface area contributed by atoms with Gasteiger partial charge in [0.25, 0.3) is 5.91 Å². The Hall–Kier alpha value is -2.07. The Balaban J connectivity index is 1.81. The maximum atomic E-state index is 12.3. The van der Waals surface area contributed by atoms with Crippen LogP contribution in [0.15, 0.2) is 40.8 Å². The second-order valence-electron chi connectivity index (χ2n) is 6.14. The van der Waals surface area contributed by atoms with E-state index in [-0.39, 0.29) is 5.91 Å². The standard InChI is InChI=1S/C18H21NO3/c1-12(2)13-4-3-5-14(10-13)16-6-7-17(22-16)18(21)19-9-8-15(20)11-19/h3-7,10,12,15,20H,8-9,11H2,1-2H3/t15-/m1/s1. The molecule has 0 bridgehead atoms. The number of aliphatic hydroxyl groups excluding tert-OH is 1. The third kappa shape index (κ3) is 2.92. The summed E-state index contributed by atoms with van der Waals surface area (Å²) < 4.78 is 5.74. The number of likely N-dealkylation sites (tertiary alicyclic amines) is 1. The van der Waals surface area contributed by atoms with Gasteiger partial charge in [0.1, 0.15) is 5.76 Å². The number of hydrogen-bond acceptors (Lipinski definition) is 3. The SMILES string of the molecule is CC(C)c1cccc(-c2ccc(C(=O)N3CC[C@@H](O)C3)o2)c1. The van der Waals surface area contributed by atoms with Gasteiger partial charge in [0.2, 0.25) is 0 Å². The van der Waals surface area contributed by atoms with Crippen molar-refractivity contribution in [3.8, 4) is 11.3 Å². The third-order valence-electron chi connectivity index (χ3n) is 4.11. The smallest absolute Gasteiger partial charge is 0.289 e. The zero-order valence-corrected chi connectivity index (χ0v) is 13.0. The number of hydrogen-bond donors (Lipinski definition) is 1. The molecule has 0 radical (unpaired) electrons. The van der Waals surface area contributed by atoms with E-state index < -0.39 is 6.10 Å².